The molecule has 5 nitrogen and oxygen atoms in total. The topological polar surface area (TPSA) is 52.7 Å². The fourth-order valence-corrected chi connectivity index (χ4v) is 3.32. The highest BCUT2D eigenvalue weighted by Crippen LogP contribution is 2.22. The summed E-state index contributed by atoms with van der Waals surface area (Å²) < 4.78 is 0. The second-order valence-electron chi connectivity index (χ2n) is 7.57. The Balaban J connectivity index is 2.12. The van der Waals surface area contributed by atoms with Crippen LogP contribution in [0.15, 0.2) is 42.5 Å². The van der Waals surface area contributed by atoms with Gasteiger partial charge in [0.2, 0.25) is 5.91 Å². The first-order valence-electron chi connectivity index (χ1n) is 9.64. The van der Waals surface area contributed by atoms with Gasteiger partial charge in [-0.05, 0) is 71.1 Å². The molecular formula is C23H31N3O2. The molecule has 2 aromatic carbocycles. The molecule has 0 atom stereocenters. The van der Waals surface area contributed by atoms with E-state index < -0.39 is 0 Å². The SMILES string of the molecule is Cc1cc(C)c(NC(=O)CN(CCCN(C)C)C(=O)c2ccccc2)c(C)c1. The summed E-state index contributed by atoms with van der Waals surface area (Å²) in [6.07, 6.45) is 0.807. The number of hydrogen-bond donors (Lipinski definition) is 1. The first kappa shape index (κ1) is 21.6. The Hall–Kier alpha value is -2.66. The number of carbonyl (C=O) groups is 2. The minimum atomic E-state index is -0.177. The standard InChI is InChI=1S/C23H31N3O2/c1-17-14-18(2)22(19(3)15-17)24-21(27)16-26(13-9-12-25(4)5)23(28)20-10-7-6-8-11-20/h6-8,10-11,14-15H,9,12-13,16H2,1-5H3,(H,24,27). The van der Waals surface area contributed by atoms with E-state index in [-0.39, 0.29) is 18.4 Å². The van der Waals surface area contributed by atoms with Crippen LogP contribution in [-0.4, -0.2) is 55.3 Å². The van der Waals surface area contributed by atoms with E-state index in [1.807, 2.05) is 65.2 Å². The van der Waals surface area contributed by atoms with Gasteiger partial charge in [-0.2, -0.15) is 0 Å². The Morgan fingerprint density at radius 3 is 2.11 bits per heavy atom. The molecule has 28 heavy (non-hydrogen) atoms. The van der Waals surface area contributed by atoms with E-state index in [4.69, 9.17) is 0 Å². The van der Waals surface area contributed by atoms with E-state index in [2.05, 4.69) is 10.2 Å². The lowest BCUT2D eigenvalue weighted by molar-refractivity contribution is -0.116. The largest absolute Gasteiger partial charge is 0.329 e. The van der Waals surface area contributed by atoms with Crippen molar-refractivity contribution in [1.29, 1.82) is 0 Å². The molecule has 0 spiro atoms. The second-order valence-corrected chi connectivity index (χ2v) is 7.57. The highest BCUT2D eigenvalue weighted by Gasteiger charge is 2.19. The van der Waals surface area contributed by atoms with Crippen molar-refractivity contribution in [3.05, 3.63) is 64.7 Å². The van der Waals surface area contributed by atoms with Crippen LogP contribution in [0.3, 0.4) is 0 Å². The summed E-state index contributed by atoms with van der Waals surface area (Å²) in [4.78, 5) is 29.4. The summed E-state index contributed by atoms with van der Waals surface area (Å²) in [5.74, 6) is -0.295. The zero-order chi connectivity index (χ0) is 20.7. The van der Waals surface area contributed by atoms with Gasteiger partial charge in [0.25, 0.3) is 5.91 Å². The summed E-state index contributed by atoms with van der Waals surface area (Å²) in [6.45, 7) is 7.44. The molecule has 0 unspecified atom stereocenters. The molecule has 5 heteroatoms. The zero-order valence-corrected chi connectivity index (χ0v) is 17.6. The fourth-order valence-electron chi connectivity index (χ4n) is 3.32. The van der Waals surface area contributed by atoms with E-state index in [0.29, 0.717) is 12.1 Å². The lowest BCUT2D eigenvalue weighted by Crippen LogP contribution is -2.39. The third-order valence-electron chi connectivity index (χ3n) is 4.62. The number of carbonyl (C=O) groups excluding carboxylic acids is 2. The number of anilines is 1. The second kappa shape index (κ2) is 10.0. The van der Waals surface area contributed by atoms with Gasteiger partial charge in [-0.3, -0.25) is 9.59 Å². The van der Waals surface area contributed by atoms with Crippen molar-refractivity contribution in [3.63, 3.8) is 0 Å². The molecule has 2 amide bonds. The summed E-state index contributed by atoms with van der Waals surface area (Å²) in [5.41, 5.74) is 4.65. The van der Waals surface area contributed by atoms with Crippen LogP contribution < -0.4 is 5.32 Å². The van der Waals surface area contributed by atoms with Gasteiger partial charge in [-0.1, -0.05) is 35.9 Å². The van der Waals surface area contributed by atoms with Crippen molar-refractivity contribution in [3.8, 4) is 0 Å². The van der Waals surface area contributed by atoms with Crippen LogP contribution >= 0.6 is 0 Å². The molecular weight excluding hydrogens is 350 g/mol. The number of rotatable bonds is 8. The average molecular weight is 382 g/mol. The summed E-state index contributed by atoms with van der Waals surface area (Å²) in [5, 5.41) is 3.00. The van der Waals surface area contributed by atoms with Crippen LogP contribution in [0.2, 0.25) is 0 Å². The van der Waals surface area contributed by atoms with Crippen LogP contribution in [-0.2, 0) is 4.79 Å². The maximum atomic E-state index is 12.9. The number of hydrogen-bond acceptors (Lipinski definition) is 3. The van der Waals surface area contributed by atoms with Crippen LogP contribution in [0.25, 0.3) is 0 Å². The molecule has 0 aromatic heterocycles. The molecule has 0 saturated heterocycles. The first-order valence-corrected chi connectivity index (χ1v) is 9.64. The van der Waals surface area contributed by atoms with Crippen molar-refractivity contribution >= 4 is 17.5 Å². The Bertz CT molecular complexity index is 793. The van der Waals surface area contributed by atoms with Crippen molar-refractivity contribution in [1.82, 2.24) is 9.80 Å². The van der Waals surface area contributed by atoms with E-state index >= 15 is 0 Å². The van der Waals surface area contributed by atoms with Crippen molar-refractivity contribution in [2.45, 2.75) is 27.2 Å². The van der Waals surface area contributed by atoms with Crippen LogP contribution in [0.5, 0.6) is 0 Å². The van der Waals surface area contributed by atoms with E-state index in [0.717, 1.165) is 35.3 Å². The third-order valence-corrected chi connectivity index (χ3v) is 4.62. The number of nitrogens with one attached hydrogen (secondary N) is 1. The molecule has 2 rings (SSSR count). The predicted molar refractivity (Wildman–Crippen MR) is 115 cm³/mol. The number of aryl methyl sites for hydroxylation is 3. The zero-order valence-electron chi connectivity index (χ0n) is 17.6. The minimum Gasteiger partial charge on any atom is -0.329 e. The molecule has 0 heterocycles. The molecule has 0 saturated carbocycles. The molecule has 150 valence electrons. The van der Waals surface area contributed by atoms with Gasteiger partial charge in [-0.15, -0.1) is 0 Å². The highest BCUT2D eigenvalue weighted by atomic mass is 16.2. The Morgan fingerprint density at radius 2 is 1.54 bits per heavy atom. The number of nitrogens with zero attached hydrogens (tertiary/aromatic N) is 2. The van der Waals surface area contributed by atoms with Gasteiger partial charge in [0.05, 0.1) is 0 Å². The van der Waals surface area contributed by atoms with E-state index in [1.165, 1.54) is 0 Å². The quantitative estimate of drug-likeness (QED) is 0.759. The van der Waals surface area contributed by atoms with Crippen LogP contribution in [0.4, 0.5) is 5.69 Å². The van der Waals surface area contributed by atoms with Gasteiger partial charge in [-0.25, -0.2) is 0 Å². The molecule has 0 bridgehead atoms. The molecule has 0 aliphatic rings. The smallest absolute Gasteiger partial charge is 0.254 e. The lowest BCUT2D eigenvalue weighted by Gasteiger charge is -2.24. The maximum absolute atomic E-state index is 12.9. The fraction of sp³-hybridized carbons (Fsp3) is 0.391. The molecule has 0 fully saturated rings. The van der Waals surface area contributed by atoms with Gasteiger partial charge in [0.1, 0.15) is 6.54 Å². The molecule has 2 aromatic rings. The predicted octanol–water partition coefficient (Wildman–Crippen LogP) is 3.64. The normalized spacial score (nSPS) is 10.8. The Labute approximate surface area is 168 Å². The summed E-state index contributed by atoms with van der Waals surface area (Å²) in [6, 6.07) is 13.2. The number of amides is 2. The molecule has 0 radical (unpaired) electrons. The van der Waals surface area contributed by atoms with Crippen molar-refractivity contribution in [2.24, 2.45) is 0 Å². The van der Waals surface area contributed by atoms with Gasteiger partial charge in [0, 0.05) is 17.8 Å². The Kier molecular flexibility index (Phi) is 7.76. The van der Waals surface area contributed by atoms with Crippen LogP contribution in [0.1, 0.15) is 33.5 Å². The minimum absolute atomic E-state index is 0.0356. The first-order chi connectivity index (χ1) is 13.3. The third kappa shape index (κ3) is 6.20. The van der Waals surface area contributed by atoms with Gasteiger partial charge < -0.3 is 15.1 Å². The van der Waals surface area contributed by atoms with Crippen molar-refractivity contribution in [2.75, 3.05) is 39.0 Å². The summed E-state index contributed by atoms with van der Waals surface area (Å²) >= 11 is 0. The lowest BCUT2D eigenvalue weighted by atomic mass is 10.1. The Morgan fingerprint density at radius 1 is 0.929 bits per heavy atom. The number of benzene rings is 2. The highest BCUT2D eigenvalue weighted by molar-refractivity contribution is 5.99. The molecule has 0 aliphatic carbocycles. The summed E-state index contributed by atoms with van der Waals surface area (Å²) in [7, 11) is 4.00. The maximum Gasteiger partial charge on any atom is 0.254 e. The molecule has 1 N–H and O–H groups in total. The van der Waals surface area contributed by atoms with Gasteiger partial charge >= 0.3 is 0 Å². The molecule has 0 aliphatic heterocycles. The van der Waals surface area contributed by atoms with E-state index in [9.17, 15) is 9.59 Å². The van der Waals surface area contributed by atoms with Gasteiger partial charge in [0.15, 0.2) is 0 Å². The average Bonchev–Trinajstić information content (AvgIpc) is 2.63. The van der Waals surface area contributed by atoms with Crippen LogP contribution in [0, 0.1) is 20.8 Å². The van der Waals surface area contributed by atoms with E-state index in [1.54, 1.807) is 17.0 Å². The van der Waals surface area contributed by atoms with Crippen molar-refractivity contribution < 1.29 is 9.59 Å². The monoisotopic (exact) mass is 381 g/mol.